The topological polar surface area (TPSA) is 92.9 Å². The SMILES string of the molecule is C[C@@H]1COCCN1c1cc(N2CC(c3ccn(C)n3)C2)c2cnn(-c3ccn[nH]3)c2n1. The number of aryl methyl sites for hydroxylation is 1. The van der Waals surface area contributed by atoms with Gasteiger partial charge in [0.25, 0.3) is 0 Å². The molecule has 6 rings (SSSR count). The number of pyridine rings is 1. The first kappa shape index (κ1) is 18.4. The quantitative estimate of drug-likeness (QED) is 0.538. The molecule has 0 aliphatic carbocycles. The summed E-state index contributed by atoms with van der Waals surface area (Å²) in [5, 5.41) is 17.3. The first-order chi connectivity index (χ1) is 15.2. The number of nitrogens with one attached hydrogen (secondary N) is 1. The molecule has 10 heteroatoms. The van der Waals surface area contributed by atoms with E-state index in [-0.39, 0.29) is 6.04 Å². The van der Waals surface area contributed by atoms with E-state index in [1.165, 1.54) is 0 Å². The minimum atomic E-state index is 0.271. The molecule has 0 aromatic carbocycles. The minimum Gasteiger partial charge on any atom is -0.377 e. The second kappa shape index (κ2) is 7.09. The summed E-state index contributed by atoms with van der Waals surface area (Å²) in [7, 11) is 1.96. The molecule has 4 aromatic rings. The highest BCUT2D eigenvalue weighted by atomic mass is 16.5. The largest absolute Gasteiger partial charge is 0.377 e. The Labute approximate surface area is 179 Å². The van der Waals surface area contributed by atoms with Crippen molar-refractivity contribution in [1.29, 1.82) is 0 Å². The van der Waals surface area contributed by atoms with E-state index in [2.05, 4.69) is 49.3 Å². The van der Waals surface area contributed by atoms with Crippen LogP contribution in [0, 0.1) is 0 Å². The van der Waals surface area contributed by atoms with E-state index >= 15 is 0 Å². The van der Waals surface area contributed by atoms with Crippen LogP contribution in [0.5, 0.6) is 0 Å². The van der Waals surface area contributed by atoms with Gasteiger partial charge in [-0.1, -0.05) is 0 Å². The summed E-state index contributed by atoms with van der Waals surface area (Å²) in [4.78, 5) is 9.75. The monoisotopic (exact) mass is 419 g/mol. The number of rotatable bonds is 4. The highest BCUT2D eigenvalue weighted by Gasteiger charge is 2.33. The molecule has 10 nitrogen and oxygen atoms in total. The average Bonchev–Trinajstić information content (AvgIpc) is 3.47. The Balaban J connectivity index is 1.41. The smallest absolute Gasteiger partial charge is 0.169 e. The summed E-state index contributed by atoms with van der Waals surface area (Å²) >= 11 is 0. The second-order valence-corrected chi connectivity index (χ2v) is 8.37. The highest BCUT2D eigenvalue weighted by Crippen LogP contribution is 2.37. The number of aromatic amines is 1. The maximum atomic E-state index is 5.64. The molecule has 160 valence electrons. The number of H-pyrrole nitrogens is 1. The third-order valence-electron chi connectivity index (χ3n) is 6.26. The number of ether oxygens (including phenoxy) is 1. The lowest BCUT2D eigenvalue weighted by molar-refractivity contribution is 0.0985. The van der Waals surface area contributed by atoms with Gasteiger partial charge in [0.05, 0.1) is 48.4 Å². The van der Waals surface area contributed by atoms with Crippen LogP contribution in [0.3, 0.4) is 0 Å². The summed E-state index contributed by atoms with van der Waals surface area (Å²) in [5.74, 6) is 2.20. The fourth-order valence-corrected chi connectivity index (χ4v) is 4.50. The zero-order valence-corrected chi connectivity index (χ0v) is 17.6. The van der Waals surface area contributed by atoms with Crippen LogP contribution in [0.2, 0.25) is 0 Å². The number of aromatic nitrogens is 7. The number of hydrogen-bond acceptors (Lipinski definition) is 7. The molecule has 0 unspecified atom stereocenters. The van der Waals surface area contributed by atoms with Gasteiger partial charge in [-0.25, -0.2) is 4.98 Å². The number of morpholine rings is 1. The van der Waals surface area contributed by atoms with Gasteiger partial charge < -0.3 is 14.5 Å². The molecule has 1 N–H and O–H groups in total. The van der Waals surface area contributed by atoms with Gasteiger partial charge in [-0.05, 0) is 13.0 Å². The van der Waals surface area contributed by atoms with Crippen LogP contribution < -0.4 is 9.80 Å². The molecule has 6 heterocycles. The van der Waals surface area contributed by atoms with E-state index < -0.39 is 0 Å². The Morgan fingerprint density at radius 2 is 2.13 bits per heavy atom. The zero-order chi connectivity index (χ0) is 20.9. The fourth-order valence-electron chi connectivity index (χ4n) is 4.50. The number of hydrogen-bond donors (Lipinski definition) is 1. The summed E-state index contributed by atoms with van der Waals surface area (Å²) < 4.78 is 9.34. The molecular formula is C21H25N9O. The van der Waals surface area contributed by atoms with Gasteiger partial charge >= 0.3 is 0 Å². The molecule has 1 atom stereocenters. The Kier molecular flexibility index (Phi) is 4.20. The average molecular weight is 419 g/mol. The van der Waals surface area contributed by atoms with Crippen molar-refractivity contribution in [3.63, 3.8) is 0 Å². The predicted octanol–water partition coefficient (Wildman–Crippen LogP) is 1.71. The van der Waals surface area contributed by atoms with Gasteiger partial charge in [0, 0.05) is 50.9 Å². The van der Waals surface area contributed by atoms with E-state index in [1.807, 2.05) is 34.9 Å². The third kappa shape index (κ3) is 3.05. The second-order valence-electron chi connectivity index (χ2n) is 8.37. The first-order valence-electron chi connectivity index (χ1n) is 10.6. The summed E-state index contributed by atoms with van der Waals surface area (Å²) in [6.45, 7) is 6.30. The first-order valence-corrected chi connectivity index (χ1v) is 10.6. The van der Waals surface area contributed by atoms with Crippen molar-refractivity contribution in [2.45, 2.75) is 18.9 Å². The Hall–Kier alpha value is -3.40. The lowest BCUT2D eigenvalue weighted by Crippen LogP contribution is -2.46. The normalized spacial score (nSPS) is 19.9. The molecule has 31 heavy (non-hydrogen) atoms. The van der Waals surface area contributed by atoms with E-state index in [4.69, 9.17) is 9.72 Å². The summed E-state index contributed by atoms with van der Waals surface area (Å²) in [6, 6.07) is 6.49. The minimum absolute atomic E-state index is 0.271. The van der Waals surface area contributed by atoms with Crippen molar-refractivity contribution in [3.05, 3.63) is 42.5 Å². The Morgan fingerprint density at radius 1 is 1.23 bits per heavy atom. The lowest BCUT2D eigenvalue weighted by atomic mass is 9.95. The highest BCUT2D eigenvalue weighted by molar-refractivity contribution is 5.92. The molecular weight excluding hydrogens is 394 g/mol. The van der Waals surface area contributed by atoms with Crippen LogP contribution in [0.1, 0.15) is 18.5 Å². The Morgan fingerprint density at radius 3 is 2.87 bits per heavy atom. The van der Waals surface area contributed by atoms with Crippen molar-refractivity contribution in [3.8, 4) is 5.82 Å². The Bertz CT molecular complexity index is 1210. The van der Waals surface area contributed by atoms with Crippen LogP contribution in [0.4, 0.5) is 11.5 Å². The third-order valence-corrected chi connectivity index (χ3v) is 6.26. The summed E-state index contributed by atoms with van der Waals surface area (Å²) in [6.07, 6.45) is 5.64. The van der Waals surface area contributed by atoms with E-state index in [9.17, 15) is 0 Å². The van der Waals surface area contributed by atoms with Gasteiger partial charge in [0.15, 0.2) is 11.5 Å². The van der Waals surface area contributed by atoms with Crippen molar-refractivity contribution >= 4 is 22.5 Å². The molecule has 0 radical (unpaired) electrons. The molecule has 2 aliphatic heterocycles. The van der Waals surface area contributed by atoms with Gasteiger partial charge in [0.1, 0.15) is 5.82 Å². The number of anilines is 2. The molecule has 2 fully saturated rings. The molecule has 2 aliphatic rings. The zero-order valence-electron chi connectivity index (χ0n) is 17.6. The van der Waals surface area contributed by atoms with Crippen molar-refractivity contribution in [2.24, 2.45) is 7.05 Å². The van der Waals surface area contributed by atoms with Crippen LogP contribution in [-0.2, 0) is 11.8 Å². The van der Waals surface area contributed by atoms with E-state index in [1.54, 1.807) is 6.20 Å². The molecule has 0 saturated carbocycles. The number of nitrogens with zero attached hydrogens (tertiary/aromatic N) is 8. The van der Waals surface area contributed by atoms with Gasteiger partial charge in [-0.2, -0.15) is 20.0 Å². The van der Waals surface area contributed by atoms with E-state index in [0.717, 1.165) is 53.7 Å². The summed E-state index contributed by atoms with van der Waals surface area (Å²) in [5.41, 5.74) is 3.15. The van der Waals surface area contributed by atoms with Gasteiger partial charge in [-0.3, -0.25) is 9.78 Å². The number of fused-ring (bicyclic) bond motifs is 1. The standard InChI is InChI=1S/C21H25N9O/c1-14-13-31-8-7-29(14)20-9-18(28-11-15(12-28)17-4-6-27(2)26-17)16-10-23-30(21(16)24-20)19-3-5-22-25-19/h3-6,9-10,14-15H,7-8,11-13H2,1-2H3,(H,22,25)/t14-/m1/s1. The lowest BCUT2D eigenvalue weighted by Gasteiger charge is -2.41. The van der Waals surface area contributed by atoms with Crippen LogP contribution in [-0.4, -0.2) is 73.6 Å². The van der Waals surface area contributed by atoms with Crippen molar-refractivity contribution < 1.29 is 4.74 Å². The van der Waals surface area contributed by atoms with Crippen LogP contribution >= 0.6 is 0 Å². The van der Waals surface area contributed by atoms with Crippen molar-refractivity contribution in [1.82, 2.24) is 34.7 Å². The molecule has 0 bridgehead atoms. The van der Waals surface area contributed by atoms with Crippen molar-refractivity contribution in [2.75, 3.05) is 42.6 Å². The molecule has 0 spiro atoms. The predicted molar refractivity (Wildman–Crippen MR) is 117 cm³/mol. The maximum Gasteiger partial charge on any atom is 0.169 e. The van der Waals surface area contributed by atoms with Gasteiger partial charge in [-0.15, -0.1) is 0 Å². The van der Waals surface area contributed by atoms with Crippen LogP contribution in [0.15, 0.2) is 36.8 Å². The van der Waals surface area contributed by atoms with E-state index in [0.29, 0.717) is 19.1 Å². The van der Waals surface area contributed by atoms with Gasteiger partial charge in [0.2, 0.25) is 0 Å². The van der Waals surface area contributed by atoms with Crippen LogP contribution in [0.25, 0.3) is 16.9 Å². The molecule has 2 saturated heterocycles. The fraction of sp³-hybridized carbons (Fsp3) is 0.429. The maximum absolute atomic E-state index is 5.64. The molecule has 4 aromatic heterocycles. The molecule has 0 amide bonds.